The molecule has 1 aromatic rings. The van der Waals surface area contributed by atoms with Crippen LogP contribution in [0.1, 0.15) is 12.6 Å². The second kappa shape index (κ2) is 4.81. The van der Waals surface area contributed by atoms with Gasteiger partial charge in [0, 0.05) is 6.92 Å². The van der Waals surface area contributed by atoms with E-state index in [0.29, 0.717) is 5.69 Å². The van der Waals surface area contributed by atoms with Crippen LogP contribution in [0.2, 0.25) is 0 Å². The van der Waals surface area contributed by atoms with Crippen LogP contribution in [-0.2, 0) is 4.79 Å². The summed E-state index contributed by atoms with van der Waals surface area (Å²) in [5.74, 6) is 5.60. The lowest BCUT2D eigenvalue weighted by atomic mass is 10.4. The highest BCUT2D eigenvalue weighted by Crippen LogP contribution is 2.05. The van der Waals surface area contributed by atoms with Gasteiger partial charge in [0.15, 0.2) is 11.6 Å². The average Bonchev–Trinajstić information content (AvgIpc) is 2.18. The van der Waals surface area contributed by atoms with Gasteiger partial charge in [-0.05, 0) is 5.92 Å². The van der Waals surface area contributed by atoms with Crippen LogP contribution < -0.4 is 16.8 Å². The molecule has 0 bridgehead atoms. The molecule has 6 heteroatoms. The van der Waals surface area contributed by atoms with E-state index in [2.05, 4.69) is 27.1 Å². The summed E-state index contributed by atoms with van der Waals surface area (Å²) in [5, 5.41) is 2.53. The normalized spacial score (nSPS) is 8.87. The number of anilines is 2. The van der Waals surface area contributed by atoms with Gasteiger partial charge in [-0.3, -0.25) is 4.79 Å². The number of nitrogens with zero attached hydrogens (tertiary/aromatic N) is 2. The van der Waals surface area contributed by atoms with E-state index in [4.69, 9.17) is 11.5 Å². The SMILES string of the molecule is CC(=O)NCC#Cc1cnc(N)c(N)n1. The molecular weight excluding hydrogens is 194 g/mol. The molecule has 0 fully saturated rings. The lowest BCUT2D eigenvalue weighted by molar-refractivity contribution is -0.118. The summed E-state index contributed by atoms with van der Waals surface area (Å²) in [6, 6.07) is 0. The third kappa shape index (κ3) is 3.52. The van der Waals surface area contributed by atoms with Crippen LogP contribution in [0.3, 0.4) is 0 Å². The molecule has 6 nitrogen and oxygen atoms in total. The van der Waals surface area contributed by atoms with Crippen LogP contribution in [0, 0.1) is 11.8 Å². The van der Waals surface area contributed by atoms with Crippen LogP contribution >= 0.6 is 0 Å². The molecule has 0 aliphatic rings. The first-order chi connectivity index (χ1) is 7.09. The Morgan fingerprint density at radius 2 is 2.27 bits per heavy atom. The zero-order valence-electron chi connectivity index (χ0n) is 8.24. The van der Waals surface area contributed by atoms with Crippen LogP contribution in [-0.4, -0.2) is 22.4 Å². The number of nitrogens with one attached hydrogen (secondary N) is 1. The van der Waals surface area contributed by atoms with Gasteiger partial charge in [0.25, 0.3) is 0 Å². The molecule has 0 saturated heterocycles. The van der Waals surface area contributed by atoms with Crippen LogP contribution in [0.15, 0.2) is 6.20 Å². The number of hydrogen-bond donors (Lipinski definition) is 3. The van der Waals surface area contributed by atoms with Gasteiger partial charge in [0.05, 0.1) is 12.7 Å². The lowest BCUT2D eigenvalue weighted by Gasteiger charge is -1.96. The minimum Gasteiger partial charge on any atom is -0.381 e. The van der Waals surface area contributed by atoms with Crippen molar-refractivity contribution in [2.75, 3.05) is 18.0 Å². The van der Waals surface area contributed by atoms with Gasteiger partial charge in [0.2, 0.25) is 5.91 Å². The first-order valence-electron chi connectivity index (χ1n) is 4.21. The molecule has 0 spiro atoms. The van der Waals surface area contributed by atoms with Crippen LogP contribution in [0.25, 0.3) is 0 Å². The third-order valence-corrected chi connectivity index (χ3v) is 1.47. The lowest BCUT2D eigenvalue weighted by Crippen LogP contribution is -2.19. The topological polar surface area (TPSA) is 107 Å². The zero-order chi connectivity index (χ0) is 11.3. The van der Waals surface area contributed by atoms with Crippen molar-refractivity contribution in [3.8, 4) is 11.8 Å². The summed E-state index contributed by atoms with van der Waals surface area (Å²) in [4.78, 5) is 18.2. The quantitative estimate of drug-likeness (QED) is 0.516. The number of amides is 1. The fourth-order valence-corrected chi connectivity index (χ4v) is 0.776. The molecule has 0 aromatic carbocycles. The Balaban J connectivity index is 2.64. The van der Waals surface area contributed by atoms with Gasteiger partial charge in [-0.1, -0.05) is 5.92 Å². The van der Waals surface area contributed by atoms with E-state index in [0.717, 1.165) is 0 Å². The second-order valence-corrected chi connectivity index (χ2v) is 2.74. The largest absolute Gasteiger partial charge is 0.381 e. The van der Waals surface area contributed by atoms with E-state index in [1.54, 1.807) is 0 Å². The highest BCUT2D eigenvalue weighted by molar-refractivity contribution is 5.73. The van der Waals surface area contributed by atoms with Crippen molar-refractivity contribution in [3.63, 3.8) is 0 Å². The molecule has 1 aromatic heterocycles. The van der Waals surface area contributed by atoms with E-state index >= 15 is 0 Å². The smallest absolute Gasteiger partial charge is 0.217 e. The Bertz CT molecular complexity index is 432. The minimum absolute atomic E-state index is 0.132. The van der Waals surface area contributed by atoms with Crippen molar-refractivity contribution >= 4 is 17.5 Å². The van der Waals surface area contributed by atoms with Gasteiger partial charge in [-0.2, -0.15) is 0 Å². The van der Waals surface area contributed by atoms with Gasteiger partial charge in [-0.25, -0.2) is 9.97 Å². The second-order valence-electron chi connectivity index (χ2n) is 2.74. The van der Waals surface area contributed by atoms with Crippen molar-refractivity contribution in [2.24, 2.45) is 0 Å². The van der Waals surface area contributed by atoms with E-state index in [-0.39, 0.29) is 24.1 Å². The van der Waals surface area contributed by atoms with E-state index in [9.17, 15) is 4.79 Å². The van der Waals surface area contributed by atoms with Crippen molar-refractivity contribution in [1.29, 1.82) is 0 Å². The maximum absolute atomic E-state index is 10.5. The molecule has 0 unspecified atom stereocenters. The number of aromatic nitrogens is 2. The summed E-state index contributed by atoms with van der Waals surface area (Å²) in [6.07, 6.45) is 1.42. The molecule has 15 heavy (non-hydrogen) atoms. The Morgan fingerprint density at radius 1 is 1.53 bits per heavy atom. The van der Waals surface area contributed by atoms with Gasteiger partial charge < -0.3 is 16.8 Å². The Morgan fingerprint density at radius 3 is 2.87 bits per heavy atom. The van der Waals surface area contributed by atoms with Crippen molar-refractivity contribution < 1.29 is 4.79 Å². The first kappa shape index (κ1) is 10.8. The van der Waals surface area contributed by atoms with E-state index in [1.165, 1.54) is 13.1 Å². The monoisotopic (exact) mass is 205 g/mol. The van der Waals surface area contributed by atoms with Gasteiger partial charge in [0.1, 0.15) is 5.69 Å². The number of rotatable bonds is 1. The van der Waals surface area contributed by atoms with E-state index < -0.39 is 0 Å². The molecule has 1 heterocycles. The summed E-state index contributed by atoms with van der Waals surface area (Å²) in [7, 11) is 0. The molecule has 0 saturated carbocycles. The highest BCUT2D eigenvalue weighted by Gasteiger charge is 1.96. The van der Waals surface area contributed by atoms with Crippen molar-refractivity contribution in [1.82, 2.24) is 15.3 Å². The van der Waals surface area contributed by atoms with Crippen LogP contribution in [0.4, 0.5) is 11.6 Å². The highest BCUT2D eigenvalue weighted by atomic mass is 16.1. The maximum atomic E-state index is 10.5. The molecule has 78 valence electrons. The molecule has 1 rings (SSSR count). The maximum Gasteiger partial charge on any atom is 0.217 e. The molecule has 0 aliphatic heterocycles. The fraction of sp³-hybridized carbons (Fsp3) is 0.222. The summed E-state index contributed by atoms with van der Waals surface area (Å²) in [6.45, 7) is 1.68. The van der Waals surface area contributed by atoms with E-state index in [1.807, 2.05) is 0 Å². The van der Waals surface area contributed by atoms with Crippen molar-refractivity contribution in [2.45, 2.75) is 6.92 Å². The molecule has 0 atom stereocenters. The Hall–Kier alpha value is -2.29. The van der Waals surface area contributed by atoms with Crippen LogP contribution in [0.5, 0.6) is 0 Å². The third-order valence-electron chi connectivity index (χ3n) is 1.47. The number of carbonyl (C=O) groups is 1. The Kier molecular flexibility index (Phi) is 3.46. The summed E-state index contributed by atoms with van der Waals surface area (Å²) in [5.41, 5.74) is 11.2. The molecular formula is C9H11N5O. The summed E-state index contributed by atoms with van der Waals surface area (Å²) < 4.78 is 0. The number of hydrogen-bond acceptors (Lipinski definition) is 5. The zero-order valence-corrected chi connectivity index (χ0v) is 8.24. The van der Waals surface area contributed by atoms with Gasteiger partial charge >= 0.3 is 0 Å². The summed E-state index contributed by atoms with van der Waals surface area (Å²) >= 11 is 0. The predicted octanol–water partition coefficient (Wildman–Crippen LogP) is -0.871. The average molecular weight is 205 g/mol. The Labute approximate surface area is 87.1 Å². The van der Waals surface area contributed by atoms with Crippen molar-refractivity contribution in [3.05, 3.63) is 11.9 Å². The number of nitrogens with two attached hydrogens (primary N) is 2. The molecule has 5 N–H and O–H groups in total. The molecule has 0 radical (unpaired) electrons. The molecule has 0 aliphatic carbocycles. The standard InChI is InChI=1S/C9H11N5O/c1-6(15)12-4-2-3-7-5-13-8(10)9(11)14-7/h5H,4H2,1H3,(H2,10,13)(H2,11,14)(H,12,15). The number of nitrogen functional groups attached to an aromatic ring is 2. The fourth-order valence-electron chi connectivity index (χ4n) is 0.776. The number of carbonyl (C=O) groups excluding carboxylic acids is 1. The minimum atomic E-state index is -0.132. The first-order valence-corrected chi connectivity index (χ1v) is 4.21. The molecule has 1 amide bonds. The van der Waals surface area contributed by atoms with Gasteiger partial charge in [-0.15, -0.1) is 0 Å². The predicted molar refractivity (Wildman–Crippen MR) is 56.4 cm³/mol.